The zero-order valence-electron chi connectivity index (χ0n) is 11.0. The Morgan fingerprint density at radius 1 is 1.35 bits per heavy atom. The molecule has 3 nitrogen and oxygen atoms in total. The van der Waals surface area contributed by atoms with Gasteiger partial charge in [0.05, 0.1) is 5.71 Å². The van der Waals surface area contributed by atoms with E-state index in [1.54, 1.807) is 0 Å². The number of rotatable bonds is 3. The van der Waals surface area contributed by atoms with E-state index in [1.807, 2.05) is 0 Å². The van der Waals surface area contributed by atoms with Gasteiger partial charge >= 0.3 is 0 Å². The van der Waals surface area contributed by atoms with Gasteiger partial charge in [0, 0.05) is 6.04 Å². The van der Waals surface area contributed by atoms with E-state index in [1.165, 1.54) is 24.0 Å². The predicted molar refractivity (Wildman–Crippen MR) is 70.6 cm³/mol. The van der Waals surface area contributed by atoms with E-state index in [2.05, 4.69) is 24.3 Å². The third-order valence-corrected chi connectivity index (χ3v) is 3.84. The topological polar surface area (TPSA) is 44.6 Å². The highest BCUT2D eigenvalue weighted by Gasteiger charge is 2.26. The van der Waals surface area contributed by atoms with Gasteiger partial charge in [-0.3, -0.25) is 0 Å². The molecule has 1 unspecified atom stereocenters. The van der Waals surface area contributed by atoms with E-state index >= 15 is 0 Å². The van der Waals surface area contributed by atoms with Gasteiger partial charge < -0.3 is 10.5 Å². The van der Waals surface area contributed by atoms with Crippen molar-refractivity contribution in [3.8, 4) is 0 Å². The van der Waals surface area contributed by atoms with Gasteiger partial charge in [-0.15, -0.1) is 0 Å². The minimum atomic E-state index is 0.634. The number of hydrogen-bond donors (Lipinski definition) is 2. The molecule has 0 radical (unpaired) electrons. The van der Waals surface area contributed by atoms with E-state index in [-0.39, 0.29) is 0 Å². The van der Waals surface area contributed by atoms with Gasteiger partial charge in [-0.05, 0) is 56.6 Å². The summed E-state index contributed by atoms with van der Waals surface area (Å²) >= 11 is 0. The molecule has 0 bridgehead atoms. The van der Waals surface area contributed by atoms with Crippen LogP contribution in [0.5, 0.6) is 0 Å². The van der Waals surface area contributed by atoms with Crippen LogP contribution in [0.25, 0.3) is 0 Å². The molecule has 0 aromatic carbocycles. The maximum absolute atomic E-state index is 9.01. The van der Waals surface area contributed by atoms with Crippen molar-refractivity contribution >= 4 is 5.71 Å². The van der Waals surface area contributed by atoms with Crippen LogP contribution in [0.15, 0.2) is 16.3 Å². The molecule has 3 heteroatoms. The Kier molecular flexibility index (Phi) is 4.21. The van der Waals surface area contributed by atoms with Crippen LogP contribution in [0.2, 0.25) is 0 Å². The van der Waals surface area contributed by atoms with Crippen LogP contribution < -0.4 is 5.32 Å². The zero-order chi connectivity index (χ0) is 12.3. The number of hydrogen-bond acceptors (Lipinski definition) is 3. The average molecular weight is 236 g/mol. The summed E-state index contributed by atoms with van der Waals surface area (Å²) < 4.78 is 0. The fraction of sp³-hybridized carbons (Fsp3) is 0.786. The Bertz CT molecular complexity index is 331. The smallest absolute Gasteiger partial charge is 0.0827 e. The summed E-state index contributed by atoms with van der Waals surface area (Å²) in [5, 5.41) is 16.1. The molecule has 0 saturated carbocycles. The van der Waals surface area contributed by atoms with Crippen molar-refractivity contribution in [1.29, 1.82) is 0 Å². The van der Waals surface area contributed by atoms with Gasteiger partial charge in [0.15, 0.2) is 0 Å². The molecule has 0 aromatic heterocycles. The lowest BCUT2D eigenvalue weighted by Gasteiger charge is -2.31. The average Bonchev–Trinajstić information content (AvgIpc) is 2.35. The molecular weight excluding hydrogens is 212 g/mol. The second-order valence-corrected chi connectivity index (χ2v) is 5.72. The molecule has 2 aliphatic carbocycles. The highest BCUT2D eigenvalue weighted by Crippen LogP contribution is 2.34. The van der Waals surface area contributed by atoms with Gasteiger partial charge in [0.2, 0.25) is 0 Å². The molecule has 2 rings (SSSR count). The molecule has 96 valence electrons. The highest BCUT2D eigenvalue weighted by atomic mass is 16.4. The van der Waals surface area contributed by atoms with E-state index < -0.39 is 0 Å². The number of nitrogens with one attached hydrogen (secondary N) is 1. The monoisotopic (exact) mass is 236 g/mol. The van der Waals surface area contributed by atoms with E-state index in [0.29, 0.717) is 12.0 Å². The summed E-state index contributed by atoms with van der Waals surface area (Å²) in [6.45, 7) is 5.60. The van der Waals surface area contributed by atoms with E-state index in [9.17, 15) is 0 Å². The second kappa shape index (κ2) is 5.67. The standard InChI is InChI=1S/C14H24N2O/c1-10(2)9-15-12-6-7-13-11(8-12)4-3-5-14(13)16-17/h10,12,15,17H,3-9H2,1-2H3. The normalized spacial score (nSPS) is 27.7. The van der Waals surface area contributed by atoms with Crippen LogP contribution >= 0.6 is 0 Å². The Balaban J connectivity index is 1.98. The fourth-order valence-corrected chi connectivity index (χ4v) is 2.93. The number of oxime groups is 1. The van der Waals surface area contributed by atoms with Gasteiger partial charge in [-0.1, -0.05) is 24.6 Å². The van der Waals surface area contributed by atoms with Gasteiger partial charge in [0.25, 0.3) is 0 Å². The van der Waals surface area contributed by atoms with Crippen molar-refractivity contribution in [3.63, 3.8) is 0 Å². The van der Waals surface area contributed by atoms with Crippen LogP contribution in [-0.2, 0) is 0 Å². The molecule has 0 aromatic rings. The van der Waals surface area contributed by atoms with Crippen molar-refractivity contribution in [1.82, 2.24) is 5.32 Å². The fourth-order valence-electron chi connectivity index (χ4n) is 2.93. The maximum atomic E-state index is 9.01. The molecule has 0 fully saturated rings. The summed E-state index contributed by atoms with van der Waals surface area (Å²) in [4.78, 5) is 0. The molecule has 0 heterocycles. The molecular formula is C14H24N2O. The van der Waals surface area contributed by atoms with E-state index in [0.717, 1.165) is 37.9 Å². The molecule has 0 aliphatic heterocycles. The first-order chi connectivity index (χ1) is 8.20. The second-order valence-electron chi connectivity index (χ2n) is 5.72. The molecule has 2 aliphatic rings. The van der Waals surface area contributed by atoms with Crippen molar-refractivity contribution in [2.24, 2.45) is 11.1 Å². The molecule has 0 spiro atoms. The zero-order valence-corrected chi connectivity index (χ0v) is 11.0. The molecule has 1 atom stereocenters. The van der Waals surface area contributed by atoms with E-state index in [4.69, 9.17) is 5.21 Å². The largest absolute Gasteiger partial charge is 0.411 e. The van der Waals surface area contributed by atoms with Crippen molar-refractivity contribution in [2.75, 3.05) is 6.54 Å². The van der Waals surface area contributed by atoms with Gasteiger partial charge in [-0.25, -0.2) is 0 Å². The first-order valence-corrected chi connectivity index (χ1v) is 6.86. The summed E-state index contributed by atoms with van der Waals surface area (Å²) in [5.41, 5.74) is 3.85. The Hall–Kier alpha value is -0.830. The van der Waals surface area contributed by atoms with Crippen LogP contribution in [0.3, 0.4) is 0 Å². The lowest BCUT2D eigenvalue weighted by Crippen LogP contribution is -2.36. The Morgan fingerprint density at radius 2 is 2.18 bits per heavy atom. The Morgan fingerprint density at radius 3 is 2.88 bits per heavy atom. The van der Waals surface area contributed by atoms with Crippen LogP contribution in [-0.4, -0.2) is 23.5 Å². The summed E-state index contributed by atoms with van der Waals surface area (Å²) in [5.74, 6) is 0.714. The summed E-state index contributed by atoms with van der Waals surface area (Å²) in [6.07, 6.45) is 6.74. The third-order valence-electron chi connectivity index (χ3n) is 3.84. The highest BCUT2D eigenvalue weighted by molar-refractivity contribution is 6.01. The van der Waals surface area contributed by atoms with Crippen molar-refractivity contribution in [2.45, 2.75) is 58.4 Å². The van der Waals surface area contributed by atoms with Crippen LogP contribution in [0.1, 0.15) is 52.4 Å². The quantitative estimate of drug-likeness (QED) is 0.584. The summed E-state index contributed by atoms with van der Waals surface area (Å²) in [6, 6.07) is 0.634. The van der Waals surface area contributed by atoms with Crippen molar-refractivity contribution < 1.29 is 5.21 Å². The van der Waals surface area contributed by atoms with Crippen molar-refractivity contribution in [3.05, 3.63) is 11.1 Å². The third kappa shape index (κ3) is 3.09. The lowest BCUT2D eigenvalue weighted by molar-refractivity contribution is 0.316. The maximum Gasteiger partial charge on any atom is 0.0827 e. The molecule has 17 heavy (non-hydrogen) atoms. The first kappa shape index (κ1) is 12.6. The van der Waals surface area contributed by atoms with Crippen LogP contribution in [0.4, 0.5) is 0 Å². The first-order valence-electron chi connectivity index (χ1n) is 6.86. The van der Waals surface area contributed by atoms with Crippen LogP contribution in [0, 0.1) is 5.92 Å². The molecule has 0 saturated heterocycles. The molecule has 0 amide bonds. The Labute approximate surface area is 104 Å². The number of nitrogens with zero attached hydrogens (tertiary/aromatic N) is 1. The minimum absolute atomic E-state index is 0.634. The predicted octanol–water partition coefficient (Wildman–Crippen LogP) is 3.10. The number of allylic oxidation sites excluding steroid dienone is 1. The molecule has 2 N–H and O–H groups in total. The lowest BCUT2D eigenvalue weighted by atomic mass is 9.79. The SMILES string of the molecule is CC(C)CNC1CCC2=C(CCCC2=NO)C1. The minimum Gasteiger partial charge on any atom is -0.411 e. The van der Waals surface area contributed by atoms with Gasteiger partial charge in [0.1, 0.15) is 0 Å². The summed E-state index contributed by atoms with van der Waals surface area (Å²) in [7, 11) is 0. The van der Waals surface area contributed by atoms with Gasteiger partial charge in [-0.2, -0.15) is 0 Å².